The molecule has 0 spiro atoms. The molecule has 3 aromatic rings. The molecule has 3 aromatic carbocycles. The maximum atomic E-state index is 6.64. The standard InChI is InChI=1S/C27H37N5/c1-17(22-7-3-5-19(9-22)13-28)24-11-21(15-30)12-25(27(24)26(32)16-31)18(2)23-8-4-6-20(10-23)14-29/h3-12,17-18,26H,13-16,28-32H2,1-2H3/t17-,18-,26?/m1/s1. The van der Waals surface area contributed by atoms with Gasteiger partial charge in [-0.1, -0.05) is 74.5 Å². The molecular formula is C27H37N5. The summed E-state index contributed by atoms with van der Waals surface area (Å²) in [5.74, 6) is 0.254. The van der Waals surface area contributed by atoms with Crippen LogP contribution >= 0.6 is 0 Å². The fourth-order valence-electron chi connectivity index (χ4n) is 4.48. The Kier molecular flexibility index (Phi) is 8.18. The van der Waals surface area contributed by atoms with Crippen molar-refractivity contribution in [3.05, 3.63) is 105 Å². The molecule has 0 amide bonds. The molecule has 5 nitrogen and oxygen atoms in total. The molecule has 0 bridgehead atoms. The van der Waals surface area contributed by atoms with Gasteiger partial charge in [0.1, 0.15) is 0 Å². The van der Waals surface area contributed by atoms with Crippen LogP contribution in [0.25, 0.3) is 0 Å². The van der Waals surface area contributed by atoms with Gasteiger partial charge in [0, 0.05) is 44.1 Å². The average Bonchev–Trinajstić information content (AvgIpc) is 2.86. The third-order valence-corrected chi connectivity index (χ3v) is 6.47. The Labute approximate surface area is 192 Å². The number of hydrogen-bond donors (Lipinski definition) is 5. The van der Waals surface area contributed by atoms with Crippen molar-refractivity contribution < 1.29 is 0 Å². The lowest BCUT2D eigenvalue weighted by atomic mass is 9.78. The largest absolute Gasteiger partial charge is 0.329 e. The Hall–Kier alpha value is -2.54. The van der Waals surface area contributed by atoms with E-state index in [1.165, 1.54) is 22.3 Å². The van der Waals surface area contributed by atoms with Crippen LogP contribution < -0.4 is 28.7 Å². The maximum Gasteiger partial charge on any atom is 0.0425 e. The first-order chi connectivity index (χ1) is 15.4. The molecule has 3 atom stereocenters. The highest BCUT2D eigenvalue weighted by atomic mass is 14.7. The van der Waals surface area contributed by atoms with Gasteiger partial charge in [-0.05, 0) is 44.5 Å². The first-order valence-electron chi connectivity index (χ1n) is 11.3. The minimum atomic E-state index is -0.271. The van der Waals surface area contributed by atoms with E-state index in [-0.39, 0.29) is 17.9 Å². The van der Waals surface area contributed by atoms with Gasteiger partial charge >= 0.3 is 0 Å². The van der Waals surface area contributed by atoms with E-state index >= 15 is 0 Å². The molecule has 0 aliphatic heterocycles. The first-order valence-corrected chi connectivity index (χ1v) is 11.3. The van der Waals surface area contributed by atoms with E-state index in [1.807, 2.05) is 0 Å². The summed E-state index contributed by atoms with van der Waals surface area (Å²) in [4.78, 5) is 0. The van der Waals surface area contributed by atoms with Crippen molar-refractivity contribution in [3.63, 3.8) is 0 Å². The van der Waals surface area contributed by atoms with Crippen LogP contribution in [-0.4, -0.2) is 6.54 Å². The Balaban J connectivity index is 2.20. The van der Waals surface area contributed by atoms with Crippen LogP contribution in [0.5, 0.6) is 0 Å². The molecular weight excluding hydrogens is 394 g/mol. The molecule has 0 saturated heterocycles. The minimum absolute atomic E-state index is 0.127. The predicted molar refractivity (Wildman–Crippen MR) is 134 cm³/mol. The lowest BCUT2D eigenvalue weighted by Gasteiger charge is -2.28. The molecule has 3 rings (SSSR count). The molecule has 5 heteroatoms. The summed E-state index contributed by atoms with van der Waals surface area (Å²) in [7, 11) is 0. The summed E-state index contributed by atoms with van der Waals surface area (Å²) in [6.45, 7) is 6.27. The van der Waals surface area contributed by atoms with Crippen LogP contribution in [0.15, 0.2) is 60.7 Å². The molecule has 0 radical (unpaired) electrons. The maximum absolute atomic E-state index is 6.64. The first kappa shape index (κ1) is 24.1. The Morgan fingerprint density at radius 3 is 1.44 bits per heavy atom. The molecule has 0 fully saturated rings. The number of rotatable bonds is 9. The summed E-state index contributed by atoms with van der Waals surface area (Å²) in [6, 6.07) is 21.0. The molecule has 0 aliphatic rings. The highest BCUT2D eigenvalue weighted by Crippen LogP contribution is 2.38. The van der Waals surface area contributed by atoms with E-state index in [1.54, 1.807) is 0 Å². The van der Waals surface area contributed by atoms with Gasteiger partial charge in [0.05, 0.1) is 0 Å². The van der Waals surface area contributed by atoms with Crippen LogP contribution in [0.2, 0.25) is 0 Å². The third kappa shape index (κ3) is 5.09. The fraction of sp³-hybridized carbons (Fsp3) is 0.333. The molecule has 0 saturated carbocycles. The van der Waals surface area contributed by atoms with Crippen LogP contribution in [0, 0.1) is 0 Å². The van der Waals surface area contributed by atoms with Gasteiger partial charge in [-0.25, -0.2) is 0 Å². The summed E-state index contributed by atoms with van der Waals surface area (Å²) in [6.07, 6.45) is 0. The zero-order valence-electron chi connectivity index (χ0n) is 19.2. The number of benzene rings is 3. The van der Waals surface area contributed by atoms with Crippen molar-refractivity contribution in [2.45, 2.75) is 51.4 Å². The van der Waals surface area contributed by atoms with Crippen molar-refractivity contribution in [2.75, 3.05) is 6.54 Å². The van der Waals surface area contributed by atoms with E-state index in [9.17, 15) is 0 Å². The van der Waals surface area contributed by atoms with E-state index < -0.39 is 0 Å². The summed E-state index contributed by atoms with van der Waals surface area (Å²) < 4.78 is 0. The molecule has 0 heterocycles. The van der Waals surface area contributed by atoms with E-state index in [0.717, 1.165) is 22.3 Å². The second kappa shape index (κ2) is 10.9. The van der Waals surface area contributed by atoms with Gasteiger partial charge in [-0.3, -0.25) is 0 Å². The van der Waals surface area contributed by atoms with Crippen molar-refractivity contribution in [3.8, 4) is 0 Å². The molecule has 1 unspecified atom stereocenters. The van der Waals surface area contributed by atoms with E-state index in [4.69, 9.17) is 28.7 Å². The van der Waals surface area contributed by atoms with E-state index in [2.05, 4.69) is 74.5 Å². The molecule has 10 N–H and O–H groups in total. The van der Waals surface area contributed by atoms with Crippen molar-refractivity contribution in [1.29, 1.82) is 0 Å². The Bertz CT molecular complexity index is 971. The van der Waals surface area contributed by atoms with Crippen molar-refractivity contribution in [2.24, 2.45) is 28.7 Å². The topological polar surface area (TPSA) is 130 Å². The van der Waals surface area contributed by atoms with Crippen LogP contribution in [-0.2, 0) is 19.6 Å². The van der Waals surface area contributed by atoms with Gasteiger partial charge in [0.2, 0.25) is 0 Å². The van der Waals surface area contributed by atoms with Gasteiger partial charge in [0.25, 0.3) is 0 Å². The van der Waals surface area contributed by atoms with Gasteiger partial charge in [-0.15, -0.1) is 0 Å². The minimum Gasteiger partial charge on any atom is -0.329 e. The zero-order chi connectivity index (χ0) is 23.3. The van der Waals surface area contributed by atoms with Crippen molar-refractivity contribution >= 4 is 0 Å². The lowest BCUT2D eigenvalue weighted by Crippen LogP contribution is -2.25. The SMILES string of the molecule is C[C@H](c1cccc(CN)c1)c1cc(CN)cc([C@H](C)c2cccc(CN)c2)c1C(N)CN. The normalized spacial score (nSPS) is 14.2. The van der Waals surface area contributed by atoms with E-state index in [0.29, 0.717) is 26.2 Å². The van der Waals surface area contributed by atoms with Gasteiger partial charge in [-0.2, -0.15) is 0 Å². The molecule has 0 aromatic heterocycles. The number of nitrogens with two attached hydrogens (primary N) is 5. The summed E-state index contributed by atoms with van der Waals surface area (Å²) >= 11 is 0. The van der Waals surface area contributed by atoms with Crippen molar-refractivity contribution in [1.82, 2.24) is 0 Å². The fourth-order valence-corrected chi connectivity index (χ4v) is 4.48. The summed E-state index contributed by atoms with van der Waals surface area (Å²) in [5.41, 5.74) is 39.8. The predicted octanol–water partition coefficient (Wildman–Crippen LogP) is 3.32. The van der Waals surface area contributed by atoms with Crippen LogP contribution in [0.4, 0.5) is 0 Å². The monoisotopic (exact) mass is 431 g/mol. The molecule has 0 aliphatic carbocycles. The molecule has 32 heavy (non-hydrogen) atoms. The second-order valence-corrected chi connectivity index (χ2v) is 8.58. The lowest BCUT2D eigenvalue weighted by molar-refractivity contribution is 0.695. The number of hydrogen-bond acceptors (Lipinski definition) is 5. The third-order valence-electron chi connectivity index (χ3n) is 6.47. The van der Waals surface area contributed by atoms with Gasteiger partial charge < -0.3 is 28.7 Å². The zero-order valence-corrected chi connectivity index (χ0v) is 19.2. The highest BCUT2D eigenvalue weighted by Gasteiger charge is 2.24. The second-order valence-electron chi connectivity index (χ2n) is 8.58. The summed E-state index contributed by atoms with van der Waals surface area (Å²) in [5, 5.41) is 0. The quantitative estimate of drug-likeness (QED) is 0.355. The average molecular weight is 432 g/mol. The Morgan fingerprint density at radius 1 is 0.625 bits per heavy atom. The molecule has 170 valence electrons. The van der Waals surface area contributed by atoms with Gasteiger partial charge in [0.15, 0.2) is 0 Å². The highest BCUT2D eigenvalue weighted by molar-refractivity contribution is 5.50. The van der Waals surface area contributed by atoms with Crippen LogP contribution in [0.3, 0.4) is 0 Å². The Morgan fingerprint density at radius 2 is 1.06 bits per heavy atom. The van der Waals surface area contributed by atoms with Crippen LogP contribution in [0.1, 0.15) is 76.2 Å². The smallest absolute Gasteiger partial charge is 0.0425 e.